The number of aromatic nitrogens is 1. The first-order valence-electron chi connectivity index (χ1n) is 9.21. The van der Waals surface area contributed by atoms with Crippen molar-refractivity contribution in [3.05, 3.63) is 59.5 Å². The van der Waals surface area contributed by atoms with Crippen LogP contribution in [0.2, 0.25) is 0 Å². The van der Waals surface area contributed by atoms with Crippen molar-refractivity contribution >= 4 is 23.7 Å². The molecule has 1 fully saturated rings. The van der Waals surface area contributed by atoms with Gasteiger partial charge in [-0.1, -0.05) is 6.07 Å². The van der Waals surface area contributed by atoms with Crippen molar-refractivity contribution in [1.29, 1.82) is 0 Å². The normalized spacial score (nSPS) is 16.5. The molecule has 7 heteroatoms. The van der Waals surface area contributed by atoms with Gasteiger partial charge in [0.15, 0.2) is 0 Å². The van der Waals surface area contributed by atoms with E-state index in [0.717, 1.165) is 11.1 Å². The molecular weight excluding hydrogens is 361 g/mol. The van der Waals surface area contributed by atoms with Gasteiger partial charge in [0.05, 0.1) is 6.61 Å². The number of ether oxygens (including phenoxy) is 1. The van der Waals surface area contributed by atoms with Crippen molar-refractivity contribution in [3.63, 3.8) is 0 Å². The van der Waals surface area contributed by atoms with Gasteiger partial charge in [0, 0.05) is 43.8 Å². The molecule has 0 bridgehead atoms. The first-order chi connectivity index (χ1) is 13.6. The summed E-state index contributed by atoms with van der Waals surface area (Å²) in [5.41, 5.74) is 1.81. The summed E-state index contributed by atoms with van der Waals surface area (Å²) in [7, 11) is 0. The Balaban J connectivity index is 1.25. The van der Waals surface area contributed by atoms with Gasteiger partial charge in [-0.25, -0.2) is 9.37 Å². The van der Waals surface area contributed by atoms with Crippen LogP contribution in [0.1, 0.15) is 17.5 Å². The molecule has 0 aliphatic carbocycles. The molecule has 6 nitrogen and oxygen atoms in total. The molecule has 0 atom stereocenters. The zero-order chi connectivity index (χ0) is 19.5. The fourth-order valence-corrected chi connectivity index (χ4v) is 3.26. The van der Waals surface area contributed by atoms with Crippen molar-refractivity contribution in [1.82, 2.24) is 9.88 Å². The Bertz CT molecular complexity index is 938. The second kappa shape index (κ2) is 7.80. The number of pyridine rings is 1. The van der Waals surface area contributed by atoms with E-state index in [9.17, 15) is 14.0 Å². The number of fused-ring (bicyclic) bond motifs is 1. The summed E-state index contributed by atoms with van der Waals surface area (Å²) in [5, 5.41) is 2.74. The second-order valence-corrected chi connectivity index (χ2v) is 7.04. The number of anilines is 1. The smallest absolute Gasteiger partial charge is 0.246 e. The van der Waals surface area contributed by atoms with Crippen LogP contribution < -0.4 is 10.1 Å². The van der Waals surface area contributed by atoms with Crippen molar-refractivity contribution in [2.45, 2.75) is 12.8 Å². The molecule has 1 N–H and O–H groups in total. The Morgan fingerprint density at radius 2 is 2.18 bits per heavy atom. The third kappa shape index (κ3) is 4.19. The van der Waals surface area contributed by atoms with Crippen molar-refractivity contribution in [2.75, 3.05) is 25.0 Å². The van der Waals surface area contributed by atoms with Gasteiger partial charge in [-0.3, -0.25) is 9.59 Å². The molecule has 0 spiro atoms. The number of halogens is 1. The minimum absolute atomic E-state index is 0.0211. The number of nitrogens with one attached hydrogen (secondary N) is 1. The van der Waals surface area contributed by atoms with E-state index in [1.807, 2.05) is 6.07 Å². The maximum atomic E-state index is 13.1. The van der Waals surface area contributed by atoms with E-state index in [1.165, 1.54) is 18.2 Å². The first kappa shape index (κ1) is 18.2. The summed E-state index contributed by atoms with van der Waals surface area (Å²) in [6, 6.07) is 7.98. The van der Waals surface area contributed by atoms with Crippen molar-refractivity contribution in [2.24, 2.45) is 5.92 Å². The summed E-state index contributed by atoms with van der Waals surface area (Å²) < 4.78 is 18.7. The van der Waals surface area contributed by atoms with Crippen LogP contribution >= 0.6 is 0 Å². The number of aryl methyl sites for hydroxylation is 1. The lowest BCUT2D eigenvalue weighted by Crippen LogP contribution is -2.51. The lowest BCUT2D eigenvalue weighted by molar-refractivity contribution is -0.132. The van der Waals surface area contributed by atoms with Crippen LogP contribution in [0.3, 0.4) is 0 Å². The fraction of sp³-hybridized carbons (Fsp3) is 0.286. The van der Waals surface area contributed by atoms with Gasteiger partial charge in [0.25, 0.3) is 0 Å². The van der Waals surface area contributed by atoms with Gasteiger partial charge in [-0.15, -0.1) is 0 Å². The molecule has 1 saturated heterocycles. The molecule has 4 rings (SSSR count). The van der Waals surface area contributed by atoms with Crippen LogP contribution in [0.4, 0.5) is 10.2 Å². The molecule has 2 aromatic rings. The lowest BCUT2D eigenvalue weighted by atomic mass is 10.0. The monoisotopic (exact) mass is 381 g/mol. The molecule has 3 heterocycles. The van der Waals surface area contributed by atoms with Crippen molar-refractivity contribution in [3.8, 4) is 5.75 Å². The number of carbonyl (C=O) groups excluding carboxylic acids is 2. The second-order valence-electron chi connectivity index (χ2n) is 7.04. The highest BCUT2D eigenvalue weighted by atomic mass is 19.1. The fourth-order valence-electron chi connectivity index (χ4n) is 3.26. The number of hydrogen-bond donors (Lipinski definition) is 1. The van der Waals surface area contributed by atoms with Gasteiger partial charge in [-0.2, -0.15) is 0 Å². The Kier molecular flexibility index (Phi) is 5.06. The Labute approximate surface area is 162 Å². The van der Waals surface area contributed by atoms with E-state index in [-0.39, 0.29) is 23.5 Å². The molecule has 144 valence electrons. The zero-order valence-corrected chi connectivity index (χ0v) is 15.2. The van der Waals surface area contributed by atoms with E-state index >= 15 is 0 Å². The summed E-state index contributed by atoms with van der Waals surface area (Å²) in [5.74, 6) is 0.936. The topological polar surface area (TPSA) is 71.5 Å². The average molecular weight is 381 g/mol. The number of carbonyl (C=O) groups is 2. The van der Waals surface area contributed by atoms with Gasteiger partial charge >= 0.3 is 0 Å². The van der Waals surface area contributed by atoms with Gasteiger partial charge < -0.3 is 15.0 Å². The number of rotatable bonds is 5. The van der Waals surface area contributed by atoms with E-state index in [0.29, 0.717) is 44.1 Å². The summed E-state index contributed by atoms with van der Waals surface area (Å²) in [6.45, 7) is 1.69. The van der Waals surface area contributed by atoms with Crippen LogP contribution in [-0.4, -0.2) is 41.4 Å². The van der Waals surface area contributed by atoms with E-state index in [4.69, 9.17) is 4.74 Å². The van der Waals surface area contributed by atoms with E-state index in [1.54, 1.807) is 29.3 Å². The van der Waals surface area contributed by atoms with E-state index < -0.39 is 0 Å². The van der Waals surface area contributed by atoms with E-state index in [2.05, 4.69) is 10.3 Å². The lowest BCUT2D eigenvalue weighted by Gasteiger charge is -2.38. The third-order valence-corrected chi connectivity index (χ3v) is 4.84. The molecular formula is C21H20FN3O3. The molecule has 0 radical (unpaired) electrons. The molecule has 28 heavy (non-hydrogen) atoms. The zero-order valence-electron chi connectivity index (χ0n) is 15.2. The van der Waals surface area contributed by atoms with Crippen LogP contribution in [0.25, 0.3) is 6.08 Å². The maximum Gasteiger partial charge on any atom is 0.246 e. The number of amides is 2. The van der Waals surface area contributed by atoms with Gasteiger partial charge in [0.1, 0.15) is 17.4 Å². The molecule has 1 aromatic carbocycles. The molecule has 2 aliphatic heterocycles. The summed E-state index contributed by atoms with van der Waals surface area (Å²) in [4.78, 5) is 29.6. The molecule has 1 aromatic heterocycles. The Hall–Kier alpha value is -3.22. The minimum atomic E-state index is -0.327. The minimum Gasteiger partial charge on any atom is -0.493 e. The maximum absolute atomic E-state index is 13.1. The SMILES string of the molecule is O=C1CCc2cc(/C=C/C(=O)N3CC(COc4cccc(F)c4)C3)cnc2N1. The van der Waals surface area contributed by atoms with Gasteiger partial charge in [0.2, 0.25) is 11.8 Å². The van der Waals surface area contributed by atoms with Crippen LogP contribution in [0.5, 0.6) is 5.75 Å². The van der Waals surface area contributed by atoms with Crippen LogP contribution in [0.15, 0.2) is 42.6 Å². The Morgan fingerprint density at radius 1 is 1.32 bits per heavy atom. The number of nitrogens with zero attached hydrogens (tertiary/aromatic N) is 2. The standard InChI is InChI=1S/C21H20FN3O3/c22-17-2-1-3-18(9-17)28-13-15-11-25(12-15)20(27)7-4-14-8-16-5-6-19(26)24-21(16)23-10-14/h1-4,7-10,15H,5-6,11-13H2,(H,23,24,26)/b7-4+. The molecule has 2 aliphatic rings. The predicted molar refractivity (Wildman–Crippen MR) is 102 cm³/mol. The number of hydrogen-bond acceptors (Lipinski definition) is 4. The predicted octanol–water partition coefficient (Wildman–Crippen LogP) is 2.66. The first-order valence-corrected chi connectivity index (χ1v) is 9.21. The largest absolute Gasteiger partial charge is 0.493 e. The molecule has 0 saturated carbocycles. The molecule has 0 unspecified atom stereocenters. The third-order valence-electron chi connectivity index (χ3n) is 4.84. The summed E-state index contributed by atoms with van der Waals surface area (Å²) >= 11 is 0. The molecule has 2 amide bonds. The van der Waals surface area contributed by atoms with Gasteiger partial charge in [-0.05, 0) is 41.8 Å². The number of benzene rings is 1. The van der Waals surface area contributed by atoms with Crippen molar-refractivity contribution < 1.29 is 18.7 Å². The highest BCUT2D eigenvalue weighted by molar-refractivity contribution is 5.94. The Morgan fingerprint density at radius 3 is 3.00 bits per heavy atom. The quantitative estimate of drug-likeness (QED) is 0.809. The number of likely N-dealkylation sites (tertiary alicyclic amines) is 1. The highest BCUT2D eigenvalue weighted by Crippen LogP contribution is 2.22. The van der Waals surface area contributed by atoms with Crippen LogP contribution in [-0.2, 0) is 16.0 Å². The average Bonchev–Trinajstić information content (AvgIpc) is 2.65. The highest BCUT2D eigenvalue weighted by Gasteiger charge is 2.29. The van der Waals surface area contributed by atoms with Crippen LogP contribution in [0, 0.1) is 11.7 Å². The summed E-state index contributed by atoms with van der Waals surface area (Å²) in [6.07, 6.45) is 6.02.